The van der Waals surface area contributed by atoms with Gasteiger partial charge in [-0.25, -0.2) is 4.79 Å². The van der Waals surface area contributed by atoms with Gasteiger partial charge in [-0.1, -0.05) is 13.8 Å². The fourth-order valence-corrected chi connectivity index (χ4v) is 3.32. The Hall–Kier alpha value is -1.30. The van der Waals surface area contributed by atoms with Crippen molar-refractivity contribution in [3.05, 3.63) is 0 Å². The second kappa shape index (κ2) is 6.07. The van der Waals surface area contributed by atoms with E-state index in [0.717, 1.165) is 19.5 Å². The second-order valence-electron chi connectivity index (χ2n) is 7.83. The molecule has 0 bridgehead atoms. The van der Waals surface area contributed by atoms with Crippen molar-refractivity contribution in [1.29, 1.82) is 0 Å². The van der Waals surface area contributed by atoms with E-state index in [0.29, 0.717) is 19.6 Å². The van der Waals surface area contributed by atoms with Crippen LogP contribution in [0, 0.1) is 5.41 Å². The minimum Gasteiger partial charge on any atom is -0.444 e. The topological polar surface area (TPSA) is 61.9 Å². The molecule has 6 nitrogen and oxygen atoms in total. The molecule has 126 valence electrons. The van der Waals surface area contributed by atoms with E-state index in [4.69, 9.17) is 4.74 Å². The fourth-order valence-electron chi connectivity index (χ4n) is 3.32. The third kappa shape index (κ3) is 3.91. The van der Waals surface area contributed by atoms with E-state index in [9.17, 15) is 9.59 Å². The van der Waals surface area contributed by atoms with Gasteiger partial charge in [0.1, 0.15) is 5.60 Å². The van der Waals surface area contributed by atoms with E-state index in [1.807, 2.05) is 27.7 Å². The van der Waals surface area contributed by atoms with Crippen molar-refractivity contribution in [2.24, 2.45) is 5.41 Å². The maximum atomic E-state index is 12.0. The third-order valence-electron chi connectivity index (χ3n) is 4.21. The number of carbonyl (C=O) groups is 2. The summed E-state index contributed by atoms with van der Waals surface area (Å²) in [5, 5.41) is 2.92. The first-order valence-corrected chi connectivity index (χ1v) is 8.13. The van der Waals surface area contributed by atoms with Crippen molar-refractivity contribution in [2.45, 2.75) is 52.7 Å². The molecule has 1 N–H and O–H groups in total. The monoisotopic (exact) mass is 311 g/mol. The standard InChI is InChI=1S/C16H29N3O3/c1-6-12-13(20)17-7-8-18(12)9-16(5)10-19(11-16)14(21)22-15(2,3)4/h12H,6-11H2,1-5H3,(H,17,20). The van der Waals surface area contributed by atoms with Gasteiger partial charge in [0.05, 0.1) is 6.04 Å². The Labute approximate surface area is 133 Å². The van der Waals surface area contributed by atoms with E-state index in [2.05, 4.69) is 17.1 Å². The zero-order valence-electron chi connectivity index (χ0n) is 14.4. The zero-order chi connectivity index (χ0) is 16.5. The van der Waals surface area contributed by atoms with Crippen LogP contribution >= 0.6 is 0 Å². The van der Waals surface area contributed by atoms with Crippen LogP contribution in [-0.2, 0) is 9.53 Å². The molecule has 2 fully saturated rings. The van der Waals surface area contributed by atoms with Crippen molar-refractivity contribution in [3.63, 3.8) is 0 Å². The van der Waals surface area contributed by atoms with Crippen molar-refractivity contribution in [2.75, 3.05) is 32.7 Å². The maximum Gasteiger partial charge on any atom is 0.410 e. The summed E-state index contributed by atoms with van der Waals surface area (Å²) in [7, 11) is 0. The number of ether oxygens (including phenoxy) is 1. The number of nitrogens with zero attached hydrogens (tertiary/aromatic N) is 2. The summed E-state index contributed by atoms with van der Waals surface area (Å²) in [5.41, 5.74) is -0.413. The smallest absolute Gasteiger partial charge is 0.410 e. The molecule has 2 rings (SSSR count). The average molecular weight is 311 g/mol. The Morgan fingerprint density at radius 2 is 2.05 bits per heavy atom. The van der Waals surface area contributed by atoms with Gasteiger partial charge in [0.15, 0.2) is 0 Å². The van der Waals surface area contributed by atoms with Gasteiger partial charge in [0, 0.05) is 38.1 Å². The molecule has 0 aliphatic carbocycles. The number of piperazine rings is 1. The lowest BCUT2D eigenvalue weighted by Crippen LogP contribution is -2.65. The van der Waals surface area contributed by atoms with E-state index in [1.165, 1.54) is 0 Å². The minimum absolute atomic E-state index is 0.0406. The van der Waals surface area contributed by atoms with E-state index >= 15 is 0 Å². The first-order valence-electron chi connectivity index (χ1n) is 8.13. The van der Waals surface area contributed by atoms with Gasteiger partial charge in [-0.05, 0) is 27.2 Å². The van der Waals surface area contributed by atoms with Gasteiger partial charge in [0.25, 0.3) is 0 Å². The highest BCUT2D eigenvalue weighted by atomic mass is 16.6. The van der Waals surface area contributed by atoms with Crippen molar-refractivity contribution < 1.29 is 14.3 Å². The number of rotatable bonds is 3. The Kier molecular flexibility index (Phi) is 4.70. The van der Waals surface area contributed by atoms with Crippen LogP contribution in [0.5, 0.6) is 0 Å². The zero-order valence-corrected chi connectivity index (χ0v) is 14.4. The van der Waals surface area contributed by atoms with E-state index in [1.54, 1.807) is 4.90 Å². The van der Waals surface area contributed by atoms with Gasteiger partial charge in [-0.2, -0.15) is 0 Å². The van der Waals surface area contributed by atoms with Crippen LogP contribution in [0.2, 0.25) is 0 Å². The minimum atomic E-state index is -0.457. The molecule has 2 aliphatic heterocycles. The molecule has 0 radical (unpaired) electrons. The third-order valence-corrected chi connectivity index (χ3v) is 4.21. The summed E-state index contributed by atoms with van der Waals surface area (Å²) in [6.45, 7) is 13.7. The fraction of sp³-hybridized carbons (Fsp3) is 0.875. The summed E-state index contributed by atoms with van der Waals surface area (Å²) in [6, 6.07) is -0.0406. The largest absolute Gasteiger partial charge is 0.444 e. The van der Waals surface area contributed by atoms with Crippen LogP contribution in [0.1, 0.15) is 41.0 Å². The van der Waals surface area contributed by atoms with Crippen molar-refractivity contribution in [1.82, 2.24) is 15.1 Å². The van der Waals surface area contributed by atoms with E-state index in [-0.39, 0.29) is 23.5 Å². The molecule has 0 aromatic carbocycles. The van der Waals surface area contributed by atoms with Crippen LogP contribution < -0.4 is 5.32 Å². The predicted molar refractivity (Wildman–Crippen MR) is 84.6 cm³/mol. The van der Waals surface area contributed by atoms with Gasteiger partial charge < -0.3 is 15.0 Å². The highest BCUT2D eigenvalue weighted by Gasteiger charge is 2.45. The molecule has 0 saturated carbocycles. The van der Waals surface area contributed by atoms with Gasteiger partial charge in [-0.3, -0.25) is 9.69 Å². The second-order valence-corrected chi connectivity index (χ2v) is 7.83. The van der Waals surface area contributed by atoms with Gasteiger partial charge in [-0.15, -0.1) is 0 Å². The lowest BCUT2D eigenvalue weighted by atomic mass is 9.81. The summed E-state index contributed by atoms with van der Waals surface area (Å²) >= 11 is 0. The molecule has 2 aliphatic rings. The Morgan fingerprint density at radius 1 is 1.41 bits per heavy atom. The lowest BCUT2D eigenvalue weighted by molar-refractivity contribution is -0.131. The molecule has 1 atom stereocenters. The Balaban J connectivity index is 1.87. The average Bonchev–Trinajstić information content (AvgIpc) is 2.34. The van der Waals surface area contributed by atoms with Gasteiger partial charge in [0.2, 0.25) is 5.91 Å². The van der Waals surface area contributed by atoms with Crippen LogP contribution in [0.15, 0.2) is 0 Å². The van der Waals surface area contributed by atoms with Gasteiger partial charge >= 0.3 is 6.09 Å². The number of carbonyl (C=O) groups excluding carboxylic acids is 2. The molecule has 2 amide bonds. The Morgan fingerprint density at radius 3 is 2.59 bits per heavy atom. The number of likely N-dealkylation sites (tertiary alicyclic amines) is 1. The van der Waals surface area contributed by atoms with Crippen molar-refractivity contribution in [3.8, 4) is 0 Å². The summed E-state index contributed by atoms with van der Waals surface area (Å²) in [5.74, 6) is 0.126. The van der Waals surface area contributed by atoms with Crippen LogP contribution in [0.3, 0.4) is 0 Å². The van der Waals surface area contributed by atoms with Crippen LogP contribution in [0.4, 0.5) is 4.79 Å². The summed E-state index contributed by atoms with van der Waals surface area (Å²) < 4.78 is 5.39. The molecule has 22 heavy (non-hydrogen) atoms. The number of amides is 2. The molecule has 2 heterocycles. The predicted octanol–water partition coefficient (Wildman–Crippen LogP) is 1.45. The first-order chi connectivity index (χ1) is 10.1. The summed E-state index contributed by atoms with van der Waals surface area (Å²) in [4.78, 5) is 27.9. The highest BCUT2D eigenvalue weighted by Crippen LogP contribution is 2.33. The molecule has 0 spiro atoms. The molecular formula is C16H29N3O3. The molecule has 2 saturated heterocycles. The number of hydrogen-bond acceptors (Lipinski definition) is 4. The molecule has 1 unspecified atom stereocenters. The first kappa shape index (κ1) is 17.1. The van der Waals surface area contributed by atoms with E-state index < -0.39 is 5.60 Å². The van der Waals surface area contributed by atoms with Crippen molar-refractivity contribution >= 4 is 12.0 Å². The lowest BCUT2D eigenvalue weighted by Gasteiger charge is -2.51. The highest BCUT2D eigenvalue weighted by molar-refractivity contribution is 5.82. The maximum absolute atomic E-state index is 12.0. The molecule has 6 heteroatoms. The number of hydrogen-bond donors (Lipinski definition) is 1. The Bertz CT molecular complexity index is 438. The van der Waals surface area contributed by atoms with Crippen LogP contribution in [-0.4, -0.2) is 66.2 Å². The normalized spacial score (nSPS) is 25.4. The number of nitrogens with one attached hydrogen (secondary N) is 1. The molecular weight excluding hydrogens is 282 g/mol. The SMILES string of the molecule is CCC1C(=O)NCCN1CC1(C)CN(C(=O)OC(C)(C)C)C1. The summed E-state index contributed by atoms with van der Waals surface area (Å²) in [6.07, 6.45) is 0.575. The molecule has 0 aromatic heterocycles. The quantitative estimate of drug-likeness (QED) is 0.857. The van der Waals surface area contributed by atoms with Crippen LogP contribution in [0.25, 0.3) is 0 Å². The molecule has 0 aromatic rings.